The second kappa shape index (κ2) is 8.98. The quantitative estimate of drug-likeness (QED) is 0.347. The Morgan fingerprint density at radius 3 is 2.68 bits per heavy atom. The summed E-state index contributed by atoms with van der Waals surface area (Å²) in [6.45, 7) is 5.88. The lowest BCUT2D eigenvalue weighted by Crippen LogP contribution is -2.41. The van der Waals surface area contributed by atoms with Crippen molar-refractivity contribution < 1.29 is 4.52 Å². The number of nitrogens with zero attached hydrogens (tertiary/aromatic N) is 3. The van der Waals surface area contributed by atoms with Crippen LogP contribution in [0.25, 0.3) is 0 Å². The Hall–Kier alpha value is -1.16. The van der Waals surface area contributed by atoms with Crippen LogP contribution in [0.15, 0.2) is 38.3 Å². The maximum Gasteiger partial charge on any atom is 0.223 e. The van der Waals surface area contributed by atoms with Crippen molar-refractivity contribution in [2.75, 3.05) is 13.1 Å². The van der Waals surface area contributed by atoms with E-state index in [-0.39, 0.29) is 29.4 Å². The number of halogens is 2. The molecule has 1 aliphatic carbocycles. The van der Waals surface area contributed by atoms with Gasteiger partial charge in [-0.15, -0.1) is 24.0 Å². The topological polar surface area (TPSA) is 75.3 Å². The average Bonchev–Trinajstić information content (AvgIpc) is 3.25. The van der Waals surface area contributed by atoms with E-state index in [0.717, 1.165) is 19.0 Å². The summed E-state index contributed by atoms with van der Waals surface area (Å²) in [5, 5.41) is 10.6. The van der Waals surface area contributed by atoms with Crippen LogP contribution >= 0.6 is 39.9 Å². The first-order valence-electron chi connectivity index (χ1n) is 8.19. The molecule has 136 valence electrons. The number of guanidine groups is 1. The van der Waals surface area contributed by atoms with Crippen LogP contribution in [0.3, 0.4) is 0 Å². The zero-order chi connectivity index (χ0) is 17.0. The van der Waals surface area contributed by atoms with Gasteiger partial charge in [-0.05, 0) is 31.4 Å². The zero-order valence-corrected chi connectivity index (χ0v) is 18.3. The van der Waals surface area contributed by atoms with Gasteiger partial charge in [0.15, 0.2) is 11.8 Å². The first-order chi connectivity index (χ1) is 11.6. The van der Waals surface area contributed by atoms with Gasteiger partial charge in [0.2, 0.25) is 5.89 Å². The Kier molecular flexibility index (Phi) is 7.24. The first kappa shape index (κ1) is 20.2. The average molecular weight is 520 g/mol. The molecule has 1 aliphatic rings. The molecule has 1 aromatic heterocycles. The third-order valence-corrected chi connectivity index (χ3v) is 4.88. The van der Waals surface area contributed by atoms with Gasteiger partial charge in [-0.2, -0.15) is 4.98 Å². The van der Waals surface area contributed by atoms with Crippen molar-refractivity contribution in [1.82, 2.24) is 20.8 Å². The van der Waals surface area contributed by atoms with Crippen LogP contribution in [0.1, 0.15) is 37.0 Å². The summed E-state index contributed by atoms with van der Waals surface area (Å²) in [4.78, 5) is 8.72. The van der Waals surface area contributed by atoms with Gasteiger partial charge in [0.1, 0.15) is 6.54 Å². The summed E-state index contributed by atoms with van der Waals surface area (Å²) in [5.74, 6) is 1.93. The van der Waals surface area contributed by atoms with Crippen molar-refractivity contribution in [2.24, 2.45) is 4.99 Å². The normalized spacial score (nSPS) is 15.4. The van der Waals surface area contributed by atoms with E-state index in [0.29, 0.717) is 18.3 Å². The van der Waals surface area contributed by atoms with Gasteiger partial charge in [0, 0.05) is 29.9 Å². The number of benzene rings is 1. The molecule has 8 heteroatoms. The van der Waals surface area contributed by atoms with E-state index in [2.05, 4.69) is 72.9 Å². The van der Waals surface area contributed by atoms with Crippen molar-refractivity contribution in [2.45, 2.75) is 38.6 Å². The molecule has 0 saturated heterocycles. The molecule has 1 heterocycles. The van der Waals surface area contributed by atoms with Crippen LogP contribution in [0.2, 0.25) is 0 Å². The lowest BCUT2D eigenvalue weighted by Gasteiger charge is -2.20. The third-order valence-electron chi connectivity index (χ3n) is 4.19. The van der Waals surface area contributed by atoms with Gasteiger partial charge in [-0.3, -0.25) is 0 Å². The molecule has 2 N–H and O–H groups in total. The lowest BCUT2D eigenvalue weighted by molar-refractivity contribution is 0.387. The molecule has 0 amide bonds. The summed E-state index contributed by atoms with van der Waals surface area (Å²) in [7, 11) is 0. The molecule has 0 aliphatic heterocycles. The maximum absolute atomic E-state index is 4.98. The Morgan fingerprint density at radius 2 is 2.08 bits per heavy atom. The molecule has 0 bridgehead atoms. The molecule has 1 aromatic carbocycles. The number of nitrogens with one attached hydrogen (secondary N) is 2. The van der Waals surface area contributed by atoms with E-state index in [9.17, 15) is 0 Å². The summed E-state index contributed by atoms with van der Waals surface area (Å²) < 4.78 is 6.15. The minimum Gasteiger partial charge on any atom is -0.357 e. The van der Waals surface area contributed by atoms with Crippen LogP contribution in [-0.2, 0) is 12.0 Å². The number of hydrogen-bond donors (Lipinski definition) is 2. The highest BCUT2D eigenvalue weighted by Crippen LogP contribution is 2.49. The number of aliphatic imine (C=N–C) groups is 1. The van der Waals surface area contributed by atoms with E-state index < -0.39 is 0 Å². The van der Waals surface area contributed by atoms with Crippen LogP contribution in [0.5, 0.6) is 0 Å². The SMILES string of the molecule is CCNC(=NCc1noc(C)n1)NCC1(c2ccccc2Br)CC1.I. The van der Waals surface area contributed by atoms with E-state index in [4.69, 9.17) is 4.52 Å². The number of aryl methyl sites for hydroxylation is 1. The van der Waals surface area contributed by atoms with Crippen LogP contribution in [0, 0.1) is 6.92 Å². The number of hydrogen-bond acceptors (Lipinski definition) is 4. The van der Waals surface area contributed by atoms with Crippen molar-refractivity contribution in [3.8, 4) is 0 Å². The van der Waals surface area contributed by atoms with Gasteiger partial charge >= 0.3 is 0 Å². The maximum atomic E-state index is 4.98. The molecule has 0 radical (unpaired) electrons. The van der Waals surface area contributed by atoms with Gasteiger partial charge in [0.25, 0.3) is 0 Å². The Bertz CT molecular complexity index is 729. The van der Waals surface area contributed by atoms with Crippen LogP contribution in [0.4, 0.5) is 0 Å². The van der Waals surface area contributed by atoms with Crippen molar-refractivity contribution in [3.05, 3.63) is 46.0 Å². The second-order valence-corrected chi connectivity index (χ2v) is 6.89. The monoisotopic (exact) mass is 519 g/mol. The zero-order valence-electron chi connectivity index (χ0n) is 14.4. The van der Waals surface area contributed by atoms with E-state index in [1.54, 1.807) is 6.92 Å². The molecule has 0 atom stereocenters. The fourth-order valence-corrected chi connectivity index (χ4v) is 3.44. The van der Waals surface area contributed by atoms with Gasteiger partial charge < -0.3 is 15.2 Å². The lowest BCUT2D eigenvalue weighted by atomic mass is 9.96. The molecule has 0 spiro atoms. The highest BCUT2D eigenvalue weighted by atomic mass is 127. The van der Waals surface area contributed by atoms with E-state index in [1.165, 1.54) is 22.9 Å². The van der Waals surface area contributed by atoms with Crippen LogP contribution in [-0.4, -0.2) is 29.2 Å². The Morgan fingerprint density at radius 1 is 1.32 bits per heavy atom. The molecular weight excluding hydrogens is 497 g/mol. The molecule has 0 unspecified atom stereocenters. The molecule has 3 rings (SSSR count). The molecular formula is C17H23BrIN5O. The predicted octanol–water partition coefficient (Wildman–Crippen LogP) is 3.55. The second-order valence-electron chi connectivity index (χ2n) is 6.04. The molecule has 1 fully saturated rings. The summed E-state index contributed by atoms with van der Waals surface area (Å²) >= 11 is 3.67. The smallest absolute Gasteiger partial charge is 0.223 e. The van der Waals surface area contributed by atoms with E-state index in [1.807, 2.05) is 0 Å². The minimum absolute atomic E-state index is 0. The number of rotatable bonds is 6. The first-order valence-corrected chi connectivity index (χ1v) is 8.99. The Balaban J connectivity index is 0.00000225. The fraction of sp³-hybridized carbons (Fsp3) is 0.471. The van der Waals surface area contributed by atoms with Crippen molar-refractivity contribution in [3.63, 3.8) is 0 Å². The van der Waals surface area contributed by atoms with Gasteiger partial charge in [-0.1, -0.05) is 39.3 Å². The Labute approximate surface area is 173 Å². The standard InChI is InChI=1S/C17H22BrN5O.HI/c1-3-19-16(20-10-15-22-12(2)24-23-15)21-11-17(8-9-17)13-6-4-5-7-14(13)18;/h4-7H,3,8-11H2,1-2H3,(H2,19,20,21);1H. The summed E-state index contributed by atoms with van der Waals surface area (Å²) in [5.41, 5.74) is 1.56. The minimum atomic E-state index is 0. The van der Waals surface area contributed by atoms with Crippen molar-refractivity contribution >= 4 is 45.9 Å². The van der Waals surface area contributed by atoms with Gasteiger partial charge in [-0.25, -0.2) is 4.99 Å². The predicted molar refractivity (Wildman–Crippen MR) is 112 cm³/mol. The number of aromatic nitrogens is 2. The molecule has 2 aromatic rings. The molecule has 1 saturated carbocycles. The largest absolute Gasteiger partial charge is 0.357 e. The van der Waals surface area contributed by atoms with Crippen molar-refractivity contribution in [1.29, 1.82) is 0 Å². The third kappa shape index (κ3) is 5.16. The highest BCUT2D eigenvalue weighted by molar-refractivity contribution is 14.0. The van der Waals surface area contributed by atoms with E-state index >= 15 is 0 Å². The molecule has 6 nitrogen and oxygen atoms in total. The molecule has 25 heavy (non-hydrogen) atoms. The summed E-state index contributed by atoms with van der Waals surface area (Å²) in [6, 6.07) is 8.45. The fourth-order valence-electron chi connectivity index (χ4n) is 2.73. The van der Waals surface area contributed by atoms with Gasteiger partial charge in [0.05, 0.1) is 0 Å². The summed E-state index contributed by atoms with van der Waals surface area (Å²) in [6.07, 6.45) is 2.37. The highest BCUT2D eigenvalue weighted by Gasteiger charge is 2.45. The van der Waals surface area contributed by atoms with Crippen LogP contribution < -0.4 is 10.6 Å².